The molecule has 57 heavy (non-hydrogen) atoms. The Balaban J connectivity index is 0.999. The summed E-state index contributed by atoms with van der Waals surface area (Å²) >= 11 is -1.10. The van der Waals surface area contributed by atoms with Crippen LogP contribution in [0.1, 0.15) is 35.8 Å². The summed E-state index contributed by atoms with van der Waals surface area (Å²) in [4.78, 5) is 13.8. The Morgan fingerprint density at radius 3 is 1.96 bits per heavy atom. The molecular weight excluding hydrogens is 715 g/mol. The van der Waals surface area contributed by atoms with Crippen LogP contribution in [0.3, 0.4) is 0 Å². The van der Waals surface area contributed by atoms with Gasteiger partial charge in [-0.15, -0.1) is 0 Å². The van der Waals surface area contributed by atoms with Gasteiger partial charge < -0.3 is 9.45 Å². The van der Waals surface area contributed by atoms with E-state index in [9.17, 15) is 4.55 Å². The second kappa shape index (κ2) is 14.0. The van der Waals surface area contributed by atoms with Gasteiger partial charge in [0.25, 0.3) is 0 Å². The fraction of sp³-hybridized carbons (Fsp3) is 0.115. The number of allylic oxidation sites excluding steroid dienone is 4. The Bertz CT molecular complexity index is 2680. The van der Waals surface area contributed by atoms with Crippen LogP contribution < -0.4 is 4.90 Å². The van der Waals surface area contributed by atoms with Gasteiger partial charge in [0.1, 0.15) is 5.25 Å². The predicted octanol–water partition coefficient (Wildman–Crippen LogP) is 12.5. The molecule has 274 valence electrons. The second-order valence-electron chi connectivity index (χ2n) is 15.3. The fourth-order valence-corrected chi connectivity index (χ4v) is 11.3. The van der Waals surface area contributed by atoms with E-state index in [4.69, 9.17) is 9.97 Å². The van der Waals surface area contributed by atoms with Crippen LogP contribution in [0.25, 0.3) is 56.2 Å². The van der Waals surface area contributed by atoms with Crippen molar-refractivity contribution in [3.05, 3.63) is 199 Å². The molecule has 0 N–H and O–H groups in total. The van der Waals surface area contributed by atoms with E-state index in [2.05, 4.69) is 175 Å². The molecule has 4 aliphatic rings. The standard InChI is InChI=1S/C52H39N3OS/c56-57-49-27-10-8-21-43(49)45-25-13-23-41(51(45)57)34-28-30-39(31-29-34)55-48-26-9-7-20-42(48)44-24-12-22-40(50(44)55)37-18-11-19-38(32-37)52-53-46(35-14-3-1-4-15-35)33-47(54-52)36-16-5-2-6-17-36/h1-6,8-19,21-33,42-43,48-49H,7,20H2/t42?,43?,48?,49?,57-/m1/s1. The molecule has 2 aliphatic heterocycles. The van der Waals surface area contributed by atoms with Crippen molar-refractivity contribution in [3.8, 4) is 56.2 Å². The molecular formula is C52H39N3OS. The van der Waals surface area contributed by atoms with Crippen LogP contribution in [-0.4, -0.2) is 25.8 Å². The van der Waals surface area contributed by atoms with Crippen molar-refractivity contribution < 1.29 is 4.55 Å². The molecule has 0 fully saturated rings. The number of fused-ring (bicyclic) bond motifs is 6. The minimum atomic E-state index is -1.10. The van der Waals surface area contributed by atoms with Gasteiger partial charge in [0.2, 0.25) is 0 Å². The first-order valence-corrected chi connectivity index (χ1v) is 21.1. The lowest BCUT2D eigenvalue weighted by Gasteiger charge is -2.31. The number of para-hydroxylation sites is 1. The summed E-state index contributed by atoms with van der Waals surface area (Å²) in [5, 5.41) is 0.00347. The molecule has 7 aromatic rings. The third kappa shape index (κ3) is 5.80. The van der Waals surface area contributed by atoms with Crippen LogP contribution in [0.15, 0.2) is 193 Å². The van der Waals surface area contributed by atoms with Crippen molar-refractivity contribution >= 4 is 22.6 Å². The SMILES string of the molecule is [O-][S@@+]1c2c(-c3ccc(N4c5c(-c6cccc(-c7nc(-c8ccccc8)cc(-c8ccccc8)n7)c6)cccc5C5CCC=CC54)cc3)cccc2C2C=CC=CC21. The minimum Gasteiger partial charge on any atom is -0.611 e. The third-order valence-electron chi connectivity index (χ3n) is 12.1. The monoisotopic (exact) mass is 753 g/mol. The average Bonchev–Trinajstić information content (AvgIpc) is 3.79. The summed E-state index contributed by atoms with van der Waals surface area (Å²) in [5.41, 5.74) is 14.4. The van der Waals surface area contributed by atoms with E-state index in [1.807, 2.05) is 18.2 Å². The lowest BCUT2D eigenvalue weighted by molar-refractivity contribution is 0.573. The summed E-state index contributed by atoms with van der Waals surface area (Å²) in [6.45, 7) is 0. The van der Waals surface area contributed by atoms with Gasteiger partial charge in [-0.2, -0.15) is 0 Å². The molecule has 0 radical (unpaired) electrons. The number of rotatable bonds is 6. The van der Waals surface area contributed by atoms with E-state index in [0.717, 1.165) is 68.2 Å². The molecule has 0 spiro atoms. The zero-order chi connectivity index (χ0) is 37.9. The average molecular weight is 754 g/mol. The number of aromatic nitrogens is 2. The smallest absolute Gasteiger partial charge is 0.165 e. The van der Waals surface area contributed by atoms with Crippen LogP contribution in [0, 0.1) is 0 Å². The highest BCUT2D eigenvalue weighted by Crippen LogP contribution is 2.54. The molecule has 1 aromatic heterocycles. The summed E-state index contributed by atoms with van der Waals surface area (Å²) in [7, 11) is 0. The zero-order valence-corrected chi connectivity index (χ0v) is 32.1. The Morgan fingerprint density at radius 1 is 0.561 bits per heavy atom. The quantitative estimate of drug-likeness (QED) is 0.125. The molecule has 0 bridgehead atoms. The first kappa shape index (κ1) is 34.0. The molecule has 0 saturated carbocycles. The molecule has 5 heteroatoms. The van der Waals surface area contributed by atoms with Crippen LogP contribution in [0.2, 0.25) is 0 Å². The maximum absolute atomic E-state index is 13.8. The van der Waals surface area contributed by atoms with Crippen molar-refractivity contribution in [2.24, 2.45) is 0 Å². The number of anilines is 2. The topological polar surface area (TPSA) is 52.1 Å². The first-order chi connectivity index (χ1) is 28.2. The van der Waals surface area contributed by atoms with E-state index in [-0.39, 0.29) is 17.2 Å². The third-order valence-corrected chi connectivity index (χ3v) is 13.9. The van der Waals surface area contributed by atoms with Gasteiger partial charge in [0.05, 0.1) is 29.0 Å². The van der Waals surface area contributed by atoms with Crippen LogP contribution in [0.5, 0.6) is 0 Å². The maximum Gasteiger partial charge on any atom is 0.165 e. The Morgan fingerprint density at radius 2 is 1.21 bits per heavy atom. The zero-order valence-electron chi connectivity index (χ0n) is 31.3. The highest BCUT2D eigenvalue weighted by atomic mass is 32.2. The molecule has 6 aromatic carbocycles. The van der Waals surface area contributed by atoms with Gasteiger partial charge >= 0.3 is 0 Å². The lowest BCUT2D eigenvalue weighted by atomic mass is 9.86. The van der Waals surface area contributed by atoms with Crippen LogP contribution in [-0.2, 0) is 11.2 Å². The van der Waals surface area contributed by atoms with Gasteiger partial charge in [0, 0.05) is 45.0 Å². The van der Waals surface area contributed by atoms with Crippen molar-refractivity contribution in [2.45, 2.75) is 40.9 Å². The van der Waals surface area contributed by atoms with Crippen LogP contribution in [0.4, 0.5) is 11.4 Å². The molecule has 4 unspecified atom stereocenters. The second-order valence-corrected chi connectivity index (χ2v) is 16.9. The molecule has 4 nitrogen and oxygen atoms in total. The highest BCUT2D eigenvalue weighted by molar-refractivity contribution is 7.92. The summed E-state index contributed by atoms with van der Waals surface area (Å²) in [5.74, 6) is 1.27. The van der Waals surface area contributed by atoms with E-state index < -0.39 is 11.2 Å². The van der Waals surface area contributed by atoms with Gasteiger partial charge in [-0.3, -0.25) is 0 Å². The first-order valence-electron chi connectivity index (χ1n) is 19.9. The number of hydrogen-bond acceptors (Lipinski definition) is 4. The molecule has 5 atom stereocenters. The number of nitrogens with zero attached hydrogens (tertiary/aromatic N) is 3. The van der Waals surface area contributed by atoms with E-state index in [1.165, 1.54) is 22.4 Å². The van der Waals surface area contributed by atoms with E-state index in [0.29, 0.717) is 11.7 Å². The Hall–Kier alpha value is -6.27. The van der Waals surface area contributed by atoms with Crippen molar-refractivity contribution in [1.29, 1.82) is 0 Å². The normalized spacial score (nSPS) is 21.2. The van der Waals surface area contributed by atoms with E-state index >= 15 is 0 Å². The van der Waals surface area contributed by atoms with Gasteiger partial charge in [0.15, 0.2) is 10.7 Å². The van der Waals surface area contributed by atoms with Crippen molar-refractivity contribution in [3.63, 3.8) is 0 Å². The van der Waals surface area contributed by atoms with Gasteiger partial charge in [-0.25, -0.2) is 9.97 Å². The Kier molecular flexibility index (Phi) is 8.38. The molecule has 0 amide bonds. The van der Waals surface area contributed by atoms with Gasteiger partial charge in [-0.1, -0.05) is 152 Å². The van der Waals surface area contributed by atoms with Crippen molar-refractivity contribution in [2.75, 3.05) is 4.90 Å². The fourth-order valence-electron chi connectivity index (χ4n) is 9.43. The predicted molar refractivity (Wildman–Crippen MR) is 234 cm³/mol. The largest absolute Gasteiger partial charge is 0.611 e. The maximum atomic E-state index is 13.8. The molecule has 3 heterocycles. The summed E-state index contributed by atoms with van der Waals surface area (Å²) < 4.78 is 13.8. The van der Waals surface area contributed by atoms with E-state index in [1.54, 1.807) is 0 Å². The van der Waals surface area contributed by atoms with Crippen molar-refractivity contribution in [1.82, 2.24) is 9.97 Å². The number of benzene rings is 6. The molecule has 0 saturated heterocycles. The van der Waals surface area contributed by atoms with Gasteiger partial charge in [-0.05, 0) is 77.1 Å². The number of hydrogen-bond donors (Lipinski definition) is 0. The molecule has 2 aliphatic carbocycles. The summed E-state index contributed by atoms with van der Waals surface area (Å²) in [6, 6.07) is 53.9. The summed E-state index contributed by atoms with van der Waals surface area (Å²) in [6.07, 6.45) is 15.4. The minimum absolute atomic E-state index is 0.00347. The molecule has 11 rings (SSSR count). The lowest BCUT2D eigenvalue weighted by Crippen LogP contribution is -2.29. The van der Waals surface area contributed by atoms with Crippen LogP contribution >= 0.6 is 0 Å². The Labute approximate surface area is 336 Å². The highest BCUT2D eigenvalue weighted by Gasteiger charge is 2.44.